The number of ether oxygens (including phenoxy) is 4. The molecule has 1 aromatic carbocycles. The van der Waals surface area contributed by atoms with Crippen LogP contribution in [0.2, 0.25) is 0 Å². The Morgan fingerprint density at radius 1 is 1.04 bits per heavy atom. The Labute approximate surface area is 164 Å². The number of carbonyl (C=O) groups excluding carboxylic acids is 1. The Hall–Kier alpha value is -3.23. The smallest absolute Gasteiger partial charge is 0.325 e. The van der Waals surface area contributed by atoms with Crippen molar-refractivity contribution in [2.24, 2.45) is 0 Å². The summed E-state index contributed by atoms with van der Waals surface area (Å²) < 4.78 is 21.2. The van der Waals surface area contributed by atoms with E-state index in [0.29, 0.717) is 47.6 Å². The normalized spacial score (nSPS) is 10.2. The summed E-state index contributed by atoms with van der Waals surface area (Å²) in [6.45, 7) is 4.31. The SMILES string of the molecule is CCOC(=O)CNc1c(C)ncnc1NCc1c(OC)cc(OC)cc1OC. The molecular formula is C19H26N4O5. The van der Waals surface area contributed by atoms with Crippen molar-refractivity contribution >= 4 is 17.5 Å². The molecular weight excluding hydrogens is 364 g/mol. The molecule has 2 N–H and O–H groups in total. The van der Waals surface area contributed by atoms with Crippen molar-refractivity contribution in [2.75, 3.05) is 45.1 Å². The highest BCUT2D eigenvalue weighted by Crippen LogP contribution is 2.35. The van der Waals surface area contributed by atoms with Crippen LogP contribution in [0.25, 0.3) is 0 Å². The lowest BCUT2D eigenvalue weighted by Crippen LogP contribution is -2.19. The maximum atomic E-state index is 11.7. The molecule has 0 saturated carbocycles. The number of nitrogens with one attached hydrogen (secondary N) is 2. The van der Waals surface area contributed by atoms with Crippen molar-refractivity contribution in [1.29, 1.82) is 0 Å². The molecule has 0 saturated heterocycles. The second-order valence-electron chi connectivity index (χ2n) is 5.71. The third-order valence-electron chi connectivity index (χ3n) is 4.00. The van der Waals surface area contributed by atoms with Gasteiger partial charge in [-0.3, -0.25) is 4.79 Å². The van der Waals surface area contributed by atoms with Crippen LogP contribution in [0.3, 0.4) is 0 Å². The van der Waals surface area contributed by atoms with Gasteiger partial charge in [0, 0.05) is 18.7 Å². The van der Waals surface area contributed by atoms with Gasteiger partial charge in [0.25, 0.3) is 0 Å². The lowest BCUT2D eigenvalue weighted by molar-refractivity contribution is -0.140. The number of hydrogen-bond donors (Lipinski definition) is 2. The van der Waals surface area contributed by atoms with Gasteiger partial charge in [-0.05, 0) is 13.8 Å². The first kappa shape index (κ1) is 21.1. The second-order valence-corrected chi connectivity index (χ2v) is 5.71. The van der Waals surface area contributed by atoms with Crippen molar-refractivity contribution < 1.29 is 23.7 Å². The molecule has 0 radical (unpaired) electrons. The predicted octanol–water partition coefficient (Wildman–Crippen LogP) is 2.40. The van der Waals surface area contributed by atoms with Crippen LogP contribution >= 0.6 is 0 Å². The van der Waals surface area contributed by atoms with Crippen molar-refractivity contribution in [3.8, 4) is 17.2 Å². The highest BCUT2D eigenvalue weighted by Gasteiger charge is 2.15. The minimum Gasteiger partial charge on any atom is -0.496 e. The first-order valence-corrected chi connectivity index (χ1v) is 8.77. The molecule has 9 nitrogen and oxygen atoms in total. The number of aromatic nitrogens is 2. The molecule has 0 fully saturated rings. The van der Waals surface area contributed by atoms with Crippen LogP contribution in [0.1, 0.15) is 18.2 Å². The van der Waals surface area contributed by atoms with Crippen LogP contribution in [0, 0.1) is 6.92 Å². The first-order chi connectivity index (χ1) is 13.5. The summed E-state index contributed by atoms with van der Waals surface area (Å²) in [5, 5.41) is 6.28. The van der Waals surface area contributed by atoms with Crippen molar-refractivity contribution in [3.63, 3.8) is 0 Å². The Kier molecular flexibility index (Phi) is 7.67. The fourth-order valence-corrected chi connectivity index (χ4v) is 2.62. The van der Waals surface area contributed by atoms with Crippen LogP contribution in [0.5, 0.6) is 17.2 Å². The highest BCUT2D eigenvalue weighted by atomic mass is 16.5. The summed E-state index contributed by atoms with van der Waals surface area (Å²) in [4.78, 5) is 20.1. The Bertz CT molecular complexity index is 788. The van der Waals surface area contributed by atoms with E-state index in [1.807, 2.05) is 6.92 Å². The molecule has 0 aliphatic heterocycles. The summed E-state index contributed by atoms with van der Waals surface area (Å²) in [5.41, 5.74) is 2.14. The molecule has 152 valence electrons. The fourth-order valence-electron chi connectivity index (χ4n) is 2.62. The number of benzene rings is 1. The van der Waals surface area contributed by atoms with Gasteiger partial charge in [-0.2, -0.15) is 0 Å². The molecule has 0 spiro atoms. The third kappa shape index (κ3) is 5.15. The number of nitrogens with zero attached hydrogens (tertiary/aromatic N) is 2. The molecule has 9 heteroatoms. The minimum atomic E-state index is -0.352. The zero-order valence-corrected chi connectivity index (χ0v) is 16.8. The maximum Gasteiger partial charge on any atom is 0.325 e. The van der Waals surface area contributed by atoms with Crippen LogP contribution in [0.4, 0.5) is 11.5 Å². The van der Waals surface area contributed by atoms with Crippen LogP contribution in [-0.2, 0) is 16.1 Å². The first-order valence-electron chi connectivity index (χ1n) is 8.77. The second kappa shape index (κ2) is 10.2. The summed E-state index contributed by atoms with van der Waals surface area (Å²) in [6.07, 6.45) is 1.45. The van der Waals surface area contributed by atoms with Gasteiger partial charge in [0.1, 0.15) is 30.1 Å². The van der Waals surface area contributed by atoms with Gasteiger partial charge in [-0.25, -0.2) is 9.97 Å². The van der Waals surface area contributed by atoms with E-state index in [1.54, 1.807) is 40.4 Å². The Morgan fingerprint density at radius 3 is 2.29 bits per heavy atom. The molecule has 0 unspecified atom stereocenters. The van der Waals surface area contributed by atoms with Gasteiger partial charge < -0.3 is 29.6 Å². The lowest BCUT2D eigenvalue weighted by Gasteiger charge is -2.17. The van der Waals surface area contributed by atoms with Gasteiger partial charge in [0.2, 0.25) is 0 Å². The zero-order valence-electron chi connectivity index (χ0n) is 16.8. The molecule has 0 aliphatic rings. The monoisotopic (exact) mass is 390 g/mol. The topological polar surface area (TPSA) is 104 Å². The van der Waals surface area contributed by atoms with Gasteiger partial charge in [-0.1, -0.05) is 0 Å². The maximum absolute atomic E-state index is 11.7. The summed E-state index contributed by atoms with van der Waals surface area (Å²) >= 11 is 0. The molecule has 0 aliphatic carbocycles. The standard InChI is InChI=1S/C19H26N4O5/c1-6-28-17(24)10-20-18-12(2)22-11-23-19(18)21-9-14-15(26-4)7-13(25-3)8-16(14)27-5/h7-8,11,20H,6,9-10H2,1-5H3,(H,21,22,23). The summed E-state index contributed by atoms with van der Waals surface area (Å²) in [7, 11) is 4.75. The number of anilines is 2. The number of esters is 1. The zero-order chi connectivity index (χ0) is 20.5. The molecule has 2 aromatic rings. The molecule has 0 atom stereocenters. The fraction of sp³-hybridized carbons (Fsp3) is 0.421. The Balaban J connectivity index is 2.23. The van der Waals surface area contributed by atoms with Gasteiger partial charge in [0.15, 0.2) is 5.82 Å². The van der Waals surface area contributed by atoms with Crippen molar-refractivity contribution in [3.05, 3.63) is 29.7 Å². The number of aryl methyl sites for hydroxylation is 1. The van der Waals surface area contributed by atoms with E-state index in [0.717, 1.165) is 5.56 Å². The highest BCUT2D eigenvalue weighted by molar-refractivity contribution is 5.78. The molecule has 1 heterocycles. The average molecular weight is 390 g/mol. The van der Waals surface area contributed by atoms with Gasteiger partial charge >= 0.3 is 5.97 Å². The Morgan fingerprint density at radius 2 is 1.71 bits per heavy atom. The third-order valence-corrected chi connectivity index (χ3v) is 4.00. The van der Waals surface area contributed by atoms with E-state index in [9.17, 15) is 4.79 Å². The van der Waals surface area contributed by atoms with E-state index in [1.165, 1.54) is 6.33 Å². The molecule has 1 aromatic heterocycles. The predicted molar refractivity (Wildman–Crippen MR) is 105 cm³/mol. The number of hydrogen-bond acceptors (Lipinski definition) is 9. The van der Waals surface area contributed by atoms with Crippen LogP contribution in [0.15, 0.2) is 18.5 Å². The molecule has 28 heavy (non-hydrogen) atoms. The number of rotatable bonds is 10. The van der Waals surface area contributed by atoms with Crippen LogP contribution < -0.4 is 24.8 Å². The van der Waals surface area contributed by atoms with Gasteiger partial charge in [0.05, 0.1) is 44.9 Å². The van der Waals surface area contributed by atoms with E-state index < -0.39 is 0 Å². The van der Waals surface area contributed by atoms with Gasteiger partial charge in [-0.15, -0.1) is 0 Å². The molecule has 0 bridgehead atoms. The van der Waals surface area contributed by atoms with E-state index in [4.69, 9.17) is 18.9 Å². The average Bonchev–Trinajstić information content (AvgIpc) is 2.71. The van der Waals surface area contributed by atoms with E-state index in [2.05, 4.69) is 20.6 Å². The number of carbonyl (C=O) groups is 1. The lowest BCUT2D eigenvalue weighted by atomic mass is 10.1. The van der Waals surface area contributed by atoms with Crippen molar-refractivity contribution in [2.45, 2.75) is 20.4 Å². The summed E-state index contributed by atoms with van der Waals surface area (Å²) in [6, 6.07) is 3.56. The van der Waals surface area contributed by atoms with Crippen LogP contribution in [-0.4, -0.2) is 50.4 Å². The molecule has 2 rings (SSSR count). The minimum absolute atomic E-state index is 0.0198. The number of methoxy groups -OCH3 is 3. The van der Waals surface area contributed by atoms with Crippen molar-refractivity contribution in [1.82, 2.24) is 9.97 Å². The largest absolute Gasteiger partial charge is 0.496 e. The summed E-state index contributed by atoms with van der Waals surface area (Å²) in [5.74, 6) is 2.07. The van der Waals surface area contributed by atoms with E-state index >= 15 is 0 Å². The quantitative estimate of drug-likeness (QED) is 0.592. The molecule has 0 amide bonds. The van der Waals surface area contributed by atoms with E-state index in [-0.39, 0.29) is 12.5 Å².